The number of nitriles is 1. The summed E-state index contributed by atoms with van der Waals surface area (Å²) in [5.74, 6) is 0.480. The van der Waals surface area contributed by atoms with E-state index in [1.807, 2.05) is 19.9 Å². The van der Waals surface area contributed by atoms with Gasteiger partial charge in [-0.25, -0.2) is 8.42 Å². The summed E-state index contributed by atoms with van der Waals surface area (Å²) in [6.07, 6.45) is 0. The summed E-state index contributed by atoms with van der Waals surface area (Å²) in [5.41, 5.74) is 1.26. The smallest absolute Gasteiger partial charge is 0.263 e. The van der Waals surface area contributed by atoms with Gasteiger partial charge in [0.15, 0.2) is 5.82 Å². The van der Waals surface area contributed by atoms with E-state index in [2.05, 4.69) is 14.9 Å². The van der Waals surface area contributed by atoms with Gasteiger partial charge < -0.3 is 0 Å². The predicted octanol–water partition coefficient (Wildman–Crippen LogP) is 2.21. The Morgan fingerprint density at radius 2 is 1.95 bits per heavy atom. The first-order chi connectivity index (χ1) is 9.42. The molecule has 0 aliphatic carbocycles. The predicted molar refractivity (Wildman–Crippen MR) is 74.6 cm³/mol. The highest BCUT2D eigenvalue weighted by molar-refractivity contribution is 7.92. The molecular formula is C13H14N4O2S. The topological polar surface area (TPSA) is 98.6 Å². The summed E-state index contributed by atoms with van der Waals surface area (Å²) in [6, 6.07) is 9.28. The summed E-state index contributed by atoms with van der Waals surface area (Å²) >= 11 is 0. The molecule has 2 aromatic rings. The van der Waals surface area contributed by atoms with Gasteiger partial charge in [-0.3, -0.25) is 9.82 Å². The SMILES string of the molecule is CC(C)c1cc(NS(=O)(=O)c2ccc(C#N)cc2)n[nH]1. The van der Waals surface area contributed by atoms with Crippen LogP contribution in [0.25, 0.3) is 0 Å². The number of hydrogen-bond donors (Lipinski definition) is 2. The number of aromatic amines is 1. The third-order valence-corrected chi connectivity index (χ3v) is 4.12. The summed E-state index contributed by atoms with van der Waals surface area (Å²) < 4.78 is 26.7. The third-order valence-electron chi connectivity index (χ3n) is 2.75. The number of benzene rings is 1. The van der Waals surface area contributed by atoms with Crippen LogP contribution in [0.3, 0.4) is 0 Å². The van der Waals surface area contributed by atoms with Crippen molar-refractivity contribution in [3.05, 3.63) is 41.6 Å². The maximum atomic E-state index is 12.1. The number of H-pyrrole nitrogens is 1. The number of anilines is 1. The highest BCUT2D eigenvalue weighted by Crippen LogP contribution is 2.18. The Morgan fingerprint density at radius 1 is 1.30 bits per heavy atom. The number of sulfonamides is 1. The Kier molecular flexibility index (Phi) is 3.77. The normalized spacial score (nSPS) is 11.3. The van der Waals surface area contributed by atoms with E-state index in [0.29, 0.717) is 5.56 Å². The van der Waals surface area contributed by atoms with Gasteiger partial charge in [0.05, 0.1) is 16.5 Å². The minimum atomic E-state index is -3.69. The van der Waals surface area contributed by atoms with E-state index >= 15 is 0 Å². The summed E-state index contributed by atoms with van der Waals surface area (Å²) in [4.78, 5) is 0.0885. The zero-order chi connectivity index (χ0) is 14.8. The number of nitrogens with one attached hydrogen (secondary N) is 2. The standard InChI is InChI=1S/C13H14N4O2S/c1-9(2)12-7-13(16-15-12)17-20(18,19)11-5-3-10(8-14)4-6-11/h3-7,9H,1-2H3,(H2,15,16,17). The molecule has 0 saturated heterocycles. The average Bonchev–Trinajstić information content (AvgIpc) is 2.87. The van der Waals surface area contributed by atoms with Gasteiger partial charge in [-0.05, 0) is 30.2 Å². The van der Waals surface area contributed by atoms with Crippen molar-refractivity contribution in [1.82, 2.24) is 10.2 Å². The van der Waals surface area contributed by atoms with Crippen molar-refractivity contribution >= 4 is 15.8 Å². The second-order valence-corrected chi connectivity index (χ2v) is 6.29. The minimum absolute atomic E-state index is 0.0885. The van der Waals surface area contributed by atoms with E-state index in [0.717, 1.165) is 5.69 Å². The van der Waals surface area contributed by atoms with Crippen molar-refractivity contribution in [2.24, 2.45) is 0 Å². The molecule has 0 atom stereocenters. The van der Waals surface area contributed by atoms with Gasteiger partial charge >= 0.3 is 0 Å². The van der Waals surface area contributed by atoms with Gasteiger partial charge in [0.2, 0.25) is 0 Å². The molecular weight excluding hydrogens is 276 g/mol. The molecule has 0 fully saturated rings. The van der Waals surface area contributed by atoms with Gasteiger partial charge in [0.1, 0.15) is 0 Å². The fourth-order valence-electron chi connectivity index (χ4n) is 1.59. The van der Waals surface area contributed by atoms with Gasteiger partial charge in [-0.15, -0.1) is 0 Å². The molecule has 0 bridgehead atoms. The summed E-state index contributed by atoms with van der Waals surface area (Å²) in [7, 11) is -3.69. The van der Waals surface area contributed by atoms with E-state index in [1.165, 1.54) is 24.3 Å². The zero-order valence-electron chi connectivity index (χ0n) is 11.1. The molecule has 1 aromatic carbocycles. The molecule has 1 heterocycles. The van der Waals surface area contributed by atoms with Crippen LogP contribution in [0.15, 0.2) is 35.2 Å². The molecule has 0 radical (unpaired) electrons. The van der Waals surface area contributed by atoms with E-state index in [1.54, 1.807) is 6.07 Å². The van der Waals surface area contributed by atoms with Gasteiger partial charge in [0, 0.05) is 11.8 Å². The van der Waals surface area contributed by atoms with Crippen molar-refractivity contribution in [3.8, 4) is 6.07 Å². The van der Waals surface area contributed by atoms with Crippen molar-refractivity contribution in [1.29, 1.82) is 5.26 Å². The third kappa shape index (κ3) is 2.97. The van der Waals surface area contributed by atoms with E-state index < -0.39 is 10.0 Å². The van der Waals surface area contributed by atoms with Gasteiger partial charge in [-0.1, -0.05) is 13.8 Å². The number of nitrogens with zero attached hydrogens (tertiary/aromatic N) is 2. The minimum Gasteiger partial charge on any atom is -0.280 e. The molecule has 2 N–H and O–H groups in total. The maximum Gasteiger partial charge on any atom is 0.263 e. The fourth-order valence-corrected chi connectivity index (χ4v) is 2.58. The van der Waals surface area contributed by atoms with E-state index in [9.17, 15) is 8.42 Å². The van der Waals surface area contributed by atoms with Crippen LogP contribution in [-0.4, -0.2) is 18.6 Å². The molecule has 0 aliphatic heterocycles. The van der Waals surface area contributed by atoms with E-state index in [4.69, 9.17) is 5.26 Å². The molecule has 104 valence electrons. The largest absolute Gasteiger partial charge is 0.280 e. The molecule has 1 aromatic heterocycles. The number of hydrogen-bond acceptors (Lipinski definition) is 4. The summed E-state index contributed by atoms with van der Waals surface area (Å²) in [5, 5.41) is 15.4. The molecule has 0 aliphatic rings. The number of aromatic nitrogens is 2. The Labute approximate surface area is 117 Å². The van der Waals surface area contributed by atoms with Crippen LogP contribution in [0, 0.1) is 11.3 Å². The van der Waals surface area contributed by atoms with Crippen LogP contribution >= 0.6 is 0 Å². The van der Waals surface area contributed by atoms with Crippen LogP contribution in [0.4, 0.5) is 5.82 Å². The lowest BCUT2D eigenvalue weighted by Gasteiger charge is -2.04. The molecule has 0 amide bonds. The van der Waals surface area contributed by atoms with Crippen LogP contribution in [0.2, 0.25) is 0 Å². The first kappa shape index (κ1) is 14.1. The fraction of sp³-hybridized carbons (Fsp3) is 0.231. The van der Waals surface area contributed by atoms with Crippen LogP contribution in [-0.2, 0) is 10.0 Å². The Bertz CT molecular complexity index is 739. The summed E-state index contributed by atoms with van der Waals surface area (Å²) in [6.45, 7) is 3.96. The zero-order valence-corrected chi connectivity index (χ0v) is 11.9. The molecule has 6 nitrogen and oxygen atoms in total. The molecule has 0 unspecified atom stereocenters. The van der Waals surface area contributed by atoms with E-state index in [-0.39, 0.29) is 16.6 Å². The van der Waals surface area contributed by atoms with Crippen molar-refractivity contribution < 1.29 is 8.42 Å². The second-order valence-electron chi connectivity index (χ2n) is 4.60. The van der Waals surface area contributed by atoms with Gasteiger partial charge in [0.25, 0.3) is 10.0 Å². The maximum absolute atomic E-state index is 12.1. The van der Waals surface area contributed by atoms with Crippen molar-refractivity contribution in [2.75, 3.05) is 4.72 Å². The van der Waals surface area contributed by atoms with Crippen molar-refractivity contribution in [3.63, 3.8) is 0 Å². The molecule has 7 heteroatoms. The lowest BCUT2D eigenvalue weighted by molar-refractivity contribution is 0.601. The monoisotopic (exact) mass is 290 g/mol. The molecule has 2 rings (SSSR count). The molecule has 0 spiro atoms. The second kappa shape index (κ2) is 5.35. The average molecular weight is 290 g/mol. The highest BCUT2D eigenvalue weighted by Gasteiger charge is 2.16. The first-order valence-corrected chi connectivity index (χ1v) is 7.49. The first-order valence-electron chi connectivity index (χ1n) is 6.00. The number of rotatable bonds is 4. The highest BCUT2D eigenvalue weighted by atomic mass is 32.2. The van der Waals surface area contributed by atoms with Crippen molar-refractivity contribution in [2.45, 2.75) is 24.7 Å². The Hall–Kier alpha value is -2.33. The Balaban J connectivity index is 2.23. The lowest BCUT2D eigenvalue weighted by Crippen LogP contribution is -2.13. The van der Waals surface area contributed by atoms with Crippen LogP contribution in [0.1, 0.15) is 31.0 Å². The van der Waals surface area contributed by atoms with Gasteiger partial charge in [-0.2, -0.15) is 10.4 Å². The molecule has 20 heavy (non-hydrogen) atoms. The Morgan fingerprint density at radius 3 is 2.45 bits per heavy atom. The quantitative estimate of drug-likeness (QED) is 0.901. The molecule has 0 saturated carbocycles. The van der Waals surface area contributed by atoms with Crippen LogP contribution in [0.5, 0.6) is 0 Å². The van der Waals surface area contributed by atoms with Crippen LogP contribution < -0.4 is 4.72 Å². The lowest BCUT2D eigenvalue weighted by atomic mass is 10.1.